The molecule has 0 radical (unpaired) electrons. The van der Waals surface area contributed by atoms with Gasteiger partial charge >= 0.3 is 6.61 Å². The minimum Gasteiger partial charge on any atom is -0.434 e. The molecule has 0 saturated carbocycles. The second-order valence-electron chi connectivity index (χ2n) is 4.37. The fraction of sp³-hybridized carbons (Fsp3) is 0.200. The van der Waals surface area contributed by atoms with Crippen molar-refractivity contribution in [1.29, 1.82) is 0 Å². The van der Waals surface area contributed by atoms with Crippen LogP contribution in [0, 0.1) is 0 Å². The van der Waals surface area contributed by atoms with Crippen LogP contribution in [0.2, 0.25) is 10.0 Å². The number of ether oxygens (including phenoxy) is 1. The van der Waals surface area contributed by atoms with Crippen LogP contribution in [-0.4, -0.2) is 6.61 Å². The third-order valence-corrected chi connectivity index (χ3v) is 3.19. The van der Waals surface area contributed by atoms with Gasteiger partial charge in [-0.2, -0.15) is 8.78 Å². The van der Waals surface area contributed by atoms with Gasteiger partial charge in [0.05, 0.1) is 0 Å². The Morgan fingerprint density at radius 1 is 1.00 bits per heavy atom. The van der Waals surface area contributed by atoms with Gasteiger partial charge in [-0.15, -0.1) is 0 Å². The van der Waals surface area contributed by atoms with Crippen LogP contribution in [0.25, 0.3) is 0 Å². The molecule has 0 amide bonds. The third kappa shape index (κ3) is 5.16. The van der Waals surface area contributed by atoms with E-state index in [1.165, 1.54) is 6.07 Å². The van der Waals surface area contributed by atoms with Crippen molar-refractivity contribution < 1.29 is 13.5 Å². The quantitative estimate of drug-likeness (QED) is 0.814. The Labute approximate surface area is 131 Å². The van der Waals surface area contributed by atoms with E-state index in [9.17, 15) is 8.78 Å². The van der Waals surface area contributed by atoms with Gasteiger partial charge < -0.3 is 10.1 Å². The maximum atomic E-state index is 12.3. The lowest BCUT2D eigenvalue weighted by molar-refractivity contribution is -0.0505. The highest BCUT2D eigenvalue weighted by Gasteiger charge is 2.08. The summed E-state index contributed by atoms with van der Waals surface area (Å²) in [7, 11) is 0. The van der Waals surface area contributed by atoms with Crippen molar-refractivity contribution in [2.24, 2.45) is 0 Å². The zero-order valence-electron chi connectivity index (χ0n) is 11.0. The molecule has 0 aliphatic carbocycles. The molecule has 0 aliphatic rings. The average molecular weight is 332 g/mol. The van der Waals surface area contributed by atoms with Crippen LogP contribution >= 0.6 is 23.2 Å². The van der Waals surface area contributed by atoms with E-state index in [0.29, 0.717) is 28.7 Å². The van der Waals surface area contributed by atoms with Gasteiger partial charge in [0, 0.05) is 28.7 Å². The summed E-state index contributed by atoms with van der Waals surface area (Å²) in [4.78, 5) is 0. The normalized spacial score (nSPS) is 10.9. The molecule has 0 spiro atoms. The lowest BCUT2D eigenvalue weighted by atomic mass is 10.2. The van der Waals surface area contributed by atoms with E-state index in [4.69, 9.17) is 23.2 Å². The minimum absolute atomic E-state index is 0.170. The molecule has 2 aromatic rings. The van der Waals surface area contributed by atoms with Gasteiger partial charge in [-0.05, 0) is 29.8 Å². The molecule has 2 rings (SSSR count). The van der Waals surface area contributed by atoms with Gasteiger partial charge in [0.15, 0.2) is 0 Å². The largest absolute Gasteiger partial charge is 0.434 e. The van der Waals surface area contributed by atoms with Crippen LogP contribution < -0.4 is 10.1 Å². The second-order valence-corrected chi connectivity index (χ2v) is 5.24. The van der Waals surface area contributed by atoms with Crippen LogP contribution in [-0.2, 0) is 13.1 Å². The maximum absolute atomic E-state index is 12.3. The molecule has 2 nitrogen and oxygen atoms in total. The first-order chi connectivity index (χ1) is 10.0. The monoisotopic (exact) mass is 331 g/mol. The van der Waals surface area contributed by atoms with E-state index in [0.717, 1.165) is 5.56 Å². The molecule has 6 heteroatoms. The Hall–Kier alpha value is -1.36. The Bertz CT molecular complexity index is 588. The number of nitrogens with one attached hydrogen (secondary N) is 1. The molecule has 0 aromatic heterocycles. The molecule has 0 aliphatic heterocycles. The van der Waals surface area contributed by atoms with Crippen molar-refractivity contribution in [1.82, 2.24) is 5.32 Å². The molecule has 112 valence electrons. The topological polar surface area (TPSA) is 21.3 Å². The molecule has 0 fully saturated rings. The number of hydrogen-bond donors (Lipinski definition) is 1. The van der Waals surface area contributed by atoms with Crippen LogP contribution in [0.15, 0.2) is 42.5 Å². The second kappa shape index (κ2) is 7.59. The smallest absolute Gasteiger partial charge is 0.387 e. The molecule has 0 heterocycles. The maximum Gasteiger partial charge on any atom is 0.387 e. The van der Waals surface area contributed by atoms with E-state index in [-0.39, 0.29) is 5.75 Å². The molecule has 0 bridgehead atoms. The Morgan fingerprint density at radius 3 is 2.33 bits per heavy atom. The van der Waals surface area contributed by atoms with Gasteiger partial charge in [-0.1, -0.05) is 41.4 Å². The highest BCUT2D eigenvalue weighted by molar-refractivity contribution is 6.34. The zero-order chi connectivity index (χ0) is 15.2. The minimum atomic E-state index is -2.84. The van der Waals surface area contributed by atoms with Crippen molar-refractivity contribution in [2.75, 3.05) is 0 Å². The van der Waals surface area contributed by atoms with Crippen molar-refractivity contribution in [2.45, 2.75) is 19.7 Å². The fourth-order valence-corrected chi connectivity index (χ4v) is 2.49. The number of benzene rings is 2. The highest BCUT2D eigenvalue weighted by atomic mass is 35.5. The fourth-order valence-electron chi connectivity index (χ4n) is 1.92. The van der Waals surface area contributed by atoms with Crippen LogP contribution in [0.5, 0.6) is 5.75 Å². The molecule has 0 atom stereocenters. The number of alkyl halides is 2. The van der Waals surface area contributed by atoms with Crippen molar-refractivity contribution in [3.8, 4) is 5.75 Å². The van der Waals surface area contributed by atoms with Gasteiger partial charge in [-0.25, -0.2) is 0 Å². The Kier molecular flexibility index (Phi) is 5.79. The van der Waals surface area contributed by atoms with Gasteiger partial charge in [0.2, 0.25) is 0 Å². The predicted molar refractivity (Wildman–Crippen MR) is 80.1 cm³/mol. The number of halogens is 4. The summed E-state index contributed by atoms with van der Waals surface area (Å²) in [6.07, 6.45) is 0. The molecular weight excluding hydrogens is 319 g/mol. The van der Waals surface area contributed by atoms with Crippen LogP contribution in [0.1, 0.15) is 11.1 Å². The van der Waals surface area contributed by atoms with E-state index in [2.05, 4.69) is 10.1 Å². The van der Waals surface area contributed by atoms with Gasteiger partial charge in [-0.3, -0.25) is 0 Å². The summed E-state index contributed by atoms with van der Waals surface area (Å²) in [6.45, 7) is -1.92. The van der Waals surface area contributed by atoms with E-state index < -0.39 is 6.61 Å². The summed E-state index contributed by atoms with van der Waals surface area (Å²) in [5.41, 5.74) is 1.57. The van der Waals surface area contributed by atoms with Crippen molar-refractivity contribution in [3.63, 3.8) is 0 Å². The standard InChI is InChI=1S/C15H13Cl2F2NO/c16-12-5-10(6-13(17)7-12)8-20-9-11-3-1-2-4-14(11)21-15(18)19/h1-7,15,20H,8-9H2. The number of rotatable bonds is 6. The lowest BCUT2D eigenvalue weighted by Gasteiger charge is -2.11. The Morgan fingerprint density at radius 2 is 1.67 bits per heavy atom. The zero-order valence-corrected chi connectivity index (χ0v) is 12.5. The molecule has 21 heavy (non-hydrogen) atoms. The number of hydrogen-bond acceptors (Lipinski definition) is 2. The summed E-state index contributed by atoms with van der Waals surface area (Å²) in [5, 5.41) is 4.26. The average Bonchev–Trinajstić information content (AvgIpc) is 2.39. The van der Waals surface area contributed by atoms with Crippen LogP contribution in [0.3, 0.4) is 0 Å². The predicted octanol–water partition coefficient (Wildman–Crippen LogP) is 4.88. The van der Waals surface area contributed by atoms with E-state index in [1.807, 2.05) is 0 Å². The highest BCUT2D eigenvalue weighted by Crippen LogP contribution is 2.21. The first-order valence-electron chi connectivity index (χ1n) is 6.23. The van der Waals surface area contributed by atoms with E-state index >= 15 is 0 Å². The van der Waals surface area contributed by atoms with Crippen LogP contribution in [0.4, 0.5) is 8.78 Å². The molecule has 0 saturated heterocycles. The molecule has 1 N–H and O–H groups in total. The first-order valence-corrected chi connectivity index (χ1v) is 6.98. The molecular formula is C15H13Cl2F2NO. The summed E-state index contributed by atoms with van der Waals surface area (Å²) < 4.78 is 29.1. The summed E-state index contributed by atoms with van der Waals surface area (Å²) in [5.74, 6) is 0.170. The molecule has 0 unspecified atom stereocenters. The Balaban J connectivity index is 1.97. The number of para-hydroxylation sites is 1. The lowest BCUT2D eigenvalue weighted by Crippen LogP contribution is -2.14. The first kappa shape index (κ1) is 16.0. The van der Waals surface area contributed by atoms with Crippen molar-refractivity contribution >= 4 is 23.2 Å². The summed E-state index contributed by atoms with van der Waals surface area (Å²) in [6, 6.07) is 11.9. The summed E-state index contributed by atoms with van der Waals surface area (Å²) >= 11 is 11.8. The van der Waals surface area contributed by atoms with E-state index in [1.54, 1.807) is 36.4 Å². The van der Waals surface area contributed by atoms with Gasteiger partial charge in [0.1, 0.15) is 5.75 Å². The molecule has 2 aromatic carbocycles. The SMILES string of the molecule is FC(F)Oc1ccccc1CNCc1cc(Cl)cc(Cl)c1. The third-order valence-electron chi connectivity index (χ3n) is 2.76. The van der Waals surface area contributed by atoms with Crippen molar-refractivity contribution in [3.05, 3.63) is 63.6 Å². The van der Waals surface area contributed by atoms with Gasteiger partial charge in [0.25, 0.3) is 0 Å².